The molecule has 0 spiro atoms. The first kappa shape index (κ1) is 7.12. The van der Waals surface area contributed by atoms with Crippen LogP contribution in [0.1, 0.15) is 12.8 Å². The molecule has 1 rings (SSSR count). The van der Waals surface area contributed by atoms with Crippen LogP contribution in [-0.4, -0.2) is 17.7 Å². The molecular weight excluding hydrogens is 132 g/mol. The van der Waals surface area contributed by atoms with Gasteiger partial charge in [-0.05, 0) is 18.4 Å². The highest BCUT2D eigenvalue weighted by Gasteiger charge is 2.12. The number of rotatable bonds is 2. The number of carboxylic acids is 1. The first-order chi connectivity index (χ1) is 4.79. The van der Waals surface area contributed by atoms with Crippen LogP contribution >= 0.6 is 0 Å². The van der Waals surface area contributed by atoms with E-state index < -0.39 is 5.97 Å². The van der Waals surface area contributed by atoms with Gasteiger partial charge < -0.3 is 9.84 Å². The third-order valence-electron chi connectivity index (χ3n) is 1.49. The molecule has 0 bridgehead atoms. The van der Waals surface area contributed by atoms with Crippen molar-refractivity contribution in [1.29, 1.82) is 0 Å². The largest absolute Gasteiger partial charge is 0.501 e. The normalized spacial score (nSPS) is 23.8. The molecule has 1 atom stereocenters. The van der Waals surface area contributed by atoms with Gasteiger partial charge in [-0.3, -0.25) is 4.79 Å². The van der Waals surface area contributed by atoms with Crippen LogP contribution in [0.25, 0.3) is 0 Å². The van der Waals surface area contributed by atoms with Crippen molar-refractivity contribution in [2.75, 3.05) is 6.61 Å². The van der Waals surface area contributed by atoms with Gasteiger partial charge in [0.05, 0.1) is 19.3 Å². The molecule has 0 saturated heterocycles. The second-order valence-corrected chi connectivity index (χ2v) is 2.35. The number of hydrogen-bond donors (Lipinski definition) is 1. The van der Waals surface area contributed by atoms with Crippen LogP contribution in [0.3, 0.4) is 0 Å². The van der Waals surface area contributed by atoms with Gasteiger partial charge in [0.15, 0.2) is 0 Å². The Hall–Kier alpha value is -0.990. The summed E-state index contributed by atoms with van der Waals surface area (Å²) < 4.78 is 4.91. The number of allylic oxidation sites excluding steroid dienone is 1. The maximum Gasteiger partial charge on any atom is 0.303 e. The molecule has 1 unspecified atom stereocenters. The lowest BCUT2D eigenvalue weighted by molar-refractivity contribution is -0.137. The topological polar surface area (TPSA) is 46.5 Å². The average molecular weight is 142 g/mol. The van der Waals surface area contributed by atoms with Gasteiger partial charge in [-0.15, -0.1) is 0 Å². The predicted octanol–water partition coefficient (Wildman–Crippen LogP) is 1.01. The number of carboxylic acid groups (broad SMARTS) is 1. The van der Waals surface area contributed by atoms with Gasteiger partial charge >= 0.3 is 5.97 Å². The number of hydrogen-bond acceptors (Lipinski definition) is 2. The van der Waals surface area contributed by atoms with Gasteiger partial charge in [0.1, 0.15) is 0 Å². The van der Waals surface area contributed by atoms with E-state index in [1.54, 1.807) is 12.3 Å². The van der Waals surface area contributed by atoms with Crippen molar-refractivity contribution in [2.24, 2.45) is 5.92 Å². The van der Waals surface area contributed by atoms with Gasteiger partial charge in [-0.2, -0.15) is 0 Å². The smallest absolute Gasteiger partial charge is 0.303 e. The quantitative estimate of drug-likeness (QED) is 0.625. The van der Waals surface area contributed by atoms with E-state index in [4.69, 9.17) is 9.84 Å². The molecular formula is C7H10O3. The van der Waals surface area contributed by atoms with E-state index in [0.717, 1.165) is 6.42 Å². The van der Waals surface area contributed by atoms with Crippen molar-refractivity contribution in [3.8, 4) is 0 Å². The summed E-state index contributed by atoms with van der Waals surface area (Å²) in [4.78, 5) is 10.2. The maximum atomic E-state index is 10.2. The van der Waals surface area contributed by atoms with Crippen LogP contribution in [0.5, 0.6) is 0 Å². The van der Waals surface area contributed by atoms with E-state index in [-0.39, 0.29) is 12.3 Å². The Morgan fingerprint density at radius 3 is 3.10 bits per heavy atom. The monoisotopic (exact) mass is 142 g/mol. The van der Waals surface area contributed by atoms with Gasteiger partial charge in [-0.1, -0.05) is 0 Å². The summed E-state index contributed by atoms with van der Waals surface area (Å²) in [5.74, 6) is -0.567. The molecule has 0 aromatic carbocycles. The minimum atomic E-state index is -0.739. The molecule has 0 aromatic rings. The Bertz CT molecular complexity index is 151. The molecule has 10 heavy (non-hydrogen) atoms. The number of aliphatic carboxylic acids is 1. The molecule has 1 heterocycles. The zero-order valence-electron chi connectivity index (χ0n) is 5.62. The maximum absolute atomic E-state index is 10.2. The van der Waals surface area contributed by atoms with Gasteiger partial charge in [0.2, 0.25) is 0 Å². The molecule has 56 valence electrons. The highest BCUT2D eigenvalue weighted by Crippen LogP contribution is 2.14. The zero-order valence-corrected chi connectivity index (χ0v) is 5.62. The standard InChI is InChI=1S/C7H10O3/c8-7(9)5-6-1-3-10-4-2-6/h1,3,6H,2,4-5H2,(H,8,9). The van der Waals surface area contributed by atoms with Crippen LogP contribution < -0.4 is 0 Å². The number of carbonyl (C=O) groups is 1. The van der Waals surface area contributed by atoms with E-state index >= 15 is 0 Å². The van der Waals surface area contributed by atoms with Gasteiger partial charge in [-0.25, -0.2) is 0 Å². The van der Waals surface area contributed by atoms with Crippen molar-refractivity contribution < 1.29 is 14.6 Å². The molecule has 0 saturated carbocycles. The average Bonchev–Trinajstić information content (AvgIpc) is 1.88. The fourth-order valence-corrected chi connectivity index (χ4v) is 0.945. The van der Waals surface area contributed by atoms with Crippen molar-refractivity contribution >= 4 is 5.97 Å². The molecule has 0 amide bonds. The van der Waals surface area contributed by atoms with E-state index in [9.17, 15) is 4.79 Å². The van der Waals surface area contributed by atoms with Crippen LogP contribution in [0.2, 0.25) is 0 Å². The molecule has 3 heteroatoms. The van der Waals surface area contributed by atoms with Crippen molar-refractivity contribution in [3.63, 3.8) is 0 Å². The lowest BCUT2D eigenvalue weighted by atomic mass is 10.0. The van der Waals surface area contributed by atoms with Gasteiger partial charge in [0.25, 0.3) is 0 Å². The predicted molar refractivity (Wildman–Crippen MR) is 35.5 cm³/mol. The third kappa shape index (κ3) is 2.09. The third-order valence-corrected chi connectivity index (χ3v) is 1.49. The first-order valence-corrected chi connectivity index (χ1v) is 3.29. The second-order valence-electron chi connectivity index (χ2n) is 2.35. The zero-order chi connectivity index (χ0) is 7.40. The molecule has 1 N–H and O–H groups in total. The summed E-state index contributed by atoms with van der Waals surface area (Å²) in [6.07, 6.45) is 4.43. The highest BCUT2D eigenvalue weighted by molar-refractivity contribution is 5.67. The van der Waals surface area contributed by atoms with Crippen molar-refractivity contribution in [1.82, 2.24) is 0 Å². The Labute approximate surface area is 59.3 Å². The molecule has 1 aliphatic heterocycles. The summed E-state index contributed by atoms with van der Waals surface area (Å²) in [5, 5.41) is 8.39. The number of ether oxygens (including phenoxy) is 1. The molecule has 0 fully saturated rings. The van der Waals surface area contributed by atoms with Crippen molar-refractivity contribution in [3.05, 3.63) is 12.3 Å². The molecule has 0 radical (unpaired) electrons. The minimum Gasteiger partial charge on any atom is -0.501 e. The lowest BCUT2D eigenvalue weighted by Gasteiger charge is -2.13. The highest BCUT2D eigenvalue weighted by atomic mass is 16.5. The van der Waals surface area contributed by atoms with Crippen LogP contribution in [0.15, 0.2) is 12.3 Å². The molecule has 1 aliphatic rings. The van der Waals surface area contributed by atoms with Crippen LogP contribution in [0.4, 0.5) is 0 Å². The molecule has 0 aliphatic carbocycles. The summed E-state index contributed by atoms with van der Waals surface area (Å²) in [6.45, 7) is 0.647. The Morgan fingerprint density at radius 1 is 1.80 bits per heavy atom. The first-order valence-electron chi connectivity index (χ1n) is 3.29. The Balaban J connectivity index is 2.33. The molecule has 3 nitrogen and oxygen atoms in total. The fraction of sp³-hybridized carbons (Fsp3) is 0.571. The Kier molecular flexibility index (Phi) is 2.31. The second kappa shape index (κ2) is 3.25. The van der Waals surface area contributed by atoms with E-state index in [0.29, 0.717) is 6.61 Å². The van der Waals surface area contributed by atoms with E-state index in [1.807, 2.05) is 0 Å². The molecule has 0 aromatic heterocycles. The van der Waals surface area contributed by atoms with Crippen LogP contribution in [-0.2, 0) is 9.53 Å². The summed E-state index contributed by atoms with van der Waals surface area (Å²) in [6, 6.07) is 0. The van der Waals surface area contributed by atoms with Crippen LogP contribution in [0, 0.1) is 5.92 Å². The van der Waals surface area contributed by atoms with E-state index in [2.05, 4.69) is 0 Å². The van der Waals surface area contributed by atoms with Gasteiger partial charge in [0, 0.05) is 0 Å². The Morgan fingerprint density at radius 2 is 2.60 bits per heavy atom. The summed E-state index contributed by atoms with van der Waals surface area (Å²) in [7, 11) is 0. The fourth-order valence-electron chi connectivity index (χ4n) is 0.945. The van der Waals surface area contributed by atoms with Crippen molar-refractivity contribution in [2.45, 2.75) is 12.8 Å². The summed E-state index contributed by atoms with van der Waals surface area (Å²) in [5.41, 5.74) is 0. The van der Waals surface area contributed by atoms with E-state index in [1.165, 1.54) is 0 Å². The summed E-state index contributed by atoms with van der Waals surface area (Å²) >= 11 is 0. The minimum absolute atomic E-state index is 0.172. The SMILES string of the molecule is O=C(O)CC1C=COCC1. The lowest BCUT2D eigenvalue weighted by Crippen LogP contribution is -2.10.